The Balaban J connectivity index is 2.26. The van der Waals surface area contributed by atoms with Gasteiger partial charge >= 0.3 is 0 Å². The van der Waals surface area contributed by atoms with E-state index in [-0.39, 0.29) is 5.56 Å². The maximum Gasteiger partial charge on any atom is 0.270 e. The second-order valence-electron chi connectivity index (χ2n) is 4.43. The lowest BCUT2D eigenvalue weighted by molar-refractivity contribution is 0.792. The van der Waals surface area contributed by atoms with Gasteiger partial charge in [0, 0.05) is 18.3 Å². The van der Waals surface area contributed by atoms with E-state index in [1.807, 2.05) is 44.2 Å². The highest BCUT2D eigenvalue weighted by atomic mass is 16.1. The SMILES string of the molecule is CC(C)c1cnc(Cc2ccccc2)c(=O)[nH]1. The van der Waals surface area contributed by atoms with Gasteiger partial charge in [0.2, 0.25) is 0 Å². The zero-order valence-electron chi connectivity index (χ0n) is 10.1. The quantitative estimate of drug-likeness (QED) is 0.877. The number of H-pyrrole nitrogens is 1. The summed E-state index contributed by atoms with van der Waals surface area (Å²) in [5.41, 5.74) is 2.47. The van der Waals surface area contributed by atoms with E-state index in [0.717, 1.165) is 11.3 Å². The number of rotatable bonds is 3. The molecule has 2 rings (SSSR count). The van der Waals surface area contributed by atoms with Crippen molar-refractivity contribution in [2.45, 2.75) is 26.2 Å². The van der Waals surface area contributed by atoms with Crippen LogP contribution in [0.2, 0.25) is 0 Å². The average molecular weight is 228 g/mol. The molecule has 0 saturated heterocycles. The summed E-state index contributed by atoms with van der Waals surface area (Å²) in [5.74, 6) is 0.293. The molecule has 1 N–H and O–H groups in total. The molecule has 17 heavy (non-hydrogen) atoms. The fourth-order valence-electron chi connectivity index (χ4n) is 1.65. The number of nitrogens with zero attached hydrogens (tertiary/aromatic N) is 1. The molecule has 1 heterocycles. The minimum atomic E-state index is -0.0833. The Bertz CT molecular complexity index is 544. The van der Waals surface area contributed by atoms with Crippen LogP contribution in [-0.4, -0.2) is 9.97 Å². The molecule has 0 fully saturated rings. The lowest BCUT2D eigenvalue weighted by atomic mass is 10.1. The Kier molecular flexibility index (Phi) is 3.38. The highest BCUT2D eigenvalue weighted by Gasteiger charge is 2.06. The van der Waals surface area contributed by atoms with Crippen molar-refractivity contribution < 1.29 is 0 Å². The van der Waals surface area contributed by atoms with Crippen LogP contribution < -0.4 is 5.56 Å². The van der Waals surface area contributed by atoms with Crippen LogP contribution in [0.3, 0.4) is 0 Å². The fraction of sp³-hybridized carbons (Fsp3) is 0.286. The van der Waals surface area contributed by atoms with E-state index in [1.54, 1.807) is 6.20 Å². The monoisotopic (exact) mass is 228 g/mol. The molecule has 0 bridgehead atoms. The molecule has 3 nitrogen and oxygen atoms in total. The number of nitrogens with one attached hydrogen (secondary N) is 1. The molecule has 0 unspecified atom stereocenters. The first-order valence-corrected chi connectivity index (χ1v) is 5.79. The van der Waals surface area contributed by atoms with Crippen molar-refractivity contribution in [2.75, 3.05) is 0 Å². The highest BCUT2D eigenvalue weighted by molar-refractivity contribution is 5.20. The molecule has 2 aromatic rings. The maximum atomic E-state index is 11.8. The van der Waals surface area contributed by atoms with E-state index in [1.165, 1.54) is 0 Å². The second-order valence-corrected chi connectivity index (χ2v) is 4.43. The van der Waals surface area contributed by atoms with Crippen molar-refractivity contribution in [1.82, 2.24) is 9.97 Å². The van der Waals surface area contributed by atoms with Gasteiger partial charge in [-0.05, 0) is 11.5 Å². The summed E-state index contributed by atoms with van der Waals surface area (Å²) < 4.78 is 0. The molecular formula is C14H16N2O. The van der Waals surface area contributed by atoms with Gasteiger partial charge in [0.15, 0.2) is 0 Å². The third-order valence-electron chi connectivity index (χ3n) is 2.72. The van der Waals surface area contributed by atoms with E-state index in [0.29, 0.717) is 18.0 Å². The lowest BCUT2D eigenvalue weighted by Crippen LogP contribution is -2.17. The molecule has 3 heteroatoms. The molecule has 0 aliphatic carbocycles. The van der Waals surface area contributed by atoms with Crippen molar-refractivity contribution in [3.8, 4) is 0 Å². The van der Waals surface area contributed by atoms with Crippen molar-refractivity contribution in [3.63, 3.8) is 0 Å². The second kappa shape index (κ2) is 4.95. The van der Waals surface area contributed by atoms with Crippen LogP contribution >= 0.6 is 0 Å². The van der Waals surface area contributed by atoms with Crippen LogP contribution in [0.1, 0.15) is 36.7 Å². The van der Waals surface area contributed by atoms with Gasteiger partial charge in [-0.2, -0.15) is 0 Å². The van der Waals surface area contributed by atoms with Crippen LogP contribution in [0.5, 0.6) is 0 Å². The number of hydrogen-bond acceptors (Lipinski definition) is 2. The highest BCUT2D eigenvalue weighted by Crippen LogP contribution is 2.08. The molecule has 0 spiro atoms. The normalized spacial score (nSPS) is 10.8. The zero-order valence-corrected chi connectivity index (χ0v) is 10.1. The Labute approximate surface area is 101 Å². The molecule has 88 valence electrons. The molecule has 0 saturated carbocycles. The van der Waals surface area contributed by atoms with Gasteiger partial charge in [-0.3, -0.25) is 9.78 Å². The van der Waals surface area contributed by atoms with Crippen LogP contribution in [0.25, 0.3) is 0 Å². The van der Waals surface area contributed by atoms with Gasteiger partial charge in [0.05, 0.1) is 0 Å². The van der Waals surface area contributed by atoms with Crippen LogP contribution in [0.15, 0.2) is 41.3 Å². The third kappa shape index (κ3) is 2.81. The summed E-state index contributed by atoms with van der Waals surface area (Å²) >= 11 is 0. The number of aromatic nitrogens is 2. The van der Waals surface area contributed by atoms with E-state index in [9.17, 15) is 4.79 Å². The lowest BCUT2D eigenvalue weighted by Gasteiger charge is -2.05. The summed E-state index contributed by atoms with van der Waals surface area (Å²) in [6, 6.07) is 9.88. The van der Waals surface area contributed by atoms with Crippen LogP contribution in [0.4, 0.5) is 0 Å². The predicted molar refractivity (Wildman–Crippen MR) is 68.2 cm³/mol. The topological polar surface area (TPSA) is 45.8 Å². The summed E-state index contributed by atoms with van der Waals surface area (Å²) in [4.78, 5) is 19.0. The summed E-state index contributed by atoms with van der Waals surface area (Å²) in [5, 5.41) is 0. The Hall–Kier alpha value is -1.90. The van der Waals surface area contributed by atoms with E-state index in [4.69, 9.17) is 0 Å². The van der Waals surface area contributed by atoms with Gasteiger partial charge in [-0.15, -0.1) is 0 Å². The fourth-order valence-corrected chi connectivity index (χ4v) is 1.65. The standard InChI is InChI=1S/C14H16N2O/c1-10(2)13-9-15-12(14(17)16-13)8-11-6-4-3-5-7-11/h3-7,9-10H,8H2,1-2H3,(H,16,17). The van der Waals surface area contributed by atoms with Crippen molar-refractivity contribution in [3.05, 3.63) is 63.8 Å². The van der Waals surface area contributed by atoms with E-state index >= 15 is 0 Å². The van der Waals surface area contributed by atoms with Gasteiger partial charge in [-0.1, -0.05) is 44.2 Å². The number of hydrogen-bond donors (Lipinski definition) is 1. The largest absolute Gasteiger partial charge is 0.323 e. The molecule has 1 aromatic carbocycles. The van der Waals surface area contributed by atoms with E-state index < -0.39 is 0 Å². The molecule has 0 atom stereocenters. The molecule has 0 radical (unpaired) electrons. The smallest absolute Gasteiger partial charge is 0.270 e. The first-order chi connectivity index (χ1) is 8.16. The molecule has 0 amide bonds. The minimum absolute atomic E-state index is 0.0833. The summed E-state index contributed by atoms with van der Waals surface area (Å²) in [6.45, 7) is 4.06. The maximum absolute atomic E-state index is 11.8. The predicted octanol–water partition coefficient (Wildman–Crippen LogP) is 2.48. The zero-order chi connectivity index (χ0) is 12.3. The van der Waals surface area contributed by atoms with Crippen molar-refractivity contribution >= 4 is 0 Å². The first kappa shape index (κ1) is 11.6. The summed E-state index contributed by atoms with van der Waals surface area (Å²) in [6.07, 6.45) is 2.33. The molecule has 0 aliphatic rings. The minimum Gasteiger partial charge on any atom is -0.323 e. The van der Waals surface area contributed by atoms with Gasteiger partial charge < -0.3 is 4.98 Å². The van der Waals surface area contributed by atoms with Crippen molar-refractivity contribution in [2.24, 2.45) is 0 Å². The van der Waals surface area contributed by atoms with Crippen molar-refractivity contribution in [1.29, 1.82) is 0 Å². The summed E-state index contributed by atoms with van der Waals surface area (Å²) in [7, 11) is 0. The Morgan fingerprint density at radius 2 is 1.94 bits per heavy atom. The first-order valence-electron chi connectivity index (χ1n) is 5.79. The van der Waals surface area contributed by atoms with E-state index in [2.05, 4.69) is 9.97 Å². The third-order valence-corrected chi connectivity index (χ3v) is 2.72. The number of benzene rings is 1. The molecule has 1 aromatic heterocycles. The van der Waals surface area contributed by atoms with Crippen LogP contribution in [0, 0.1) is 0 Å². The van der Waals surface area contributed by atoms with Gasteiger partial charge in [0.1, 0.15) is 5.69 Å². The number of aromatic amines is 1. The van der Waals surface area contributed by atoms with Gasteiger partial charge in [-0.25, -0.2) is 0 Å². The molecule has 0 aliphatic heterocycles. The molecular weight excluding hydrogens is 212 g/mol. The van der Waals surface area contributed by atoms with Gasteiger partial charge in [0.25, 0.3) is 5.56 Å². The Morgan fingerprint density at radius 1 is 1.24 bits per heavy atom. The average Bonchev–Trinajstić information content (AvgIpc) is 2.33. The van der Waals surface area contributed by atoms with Crippen LogP contribution in [-0.2, 0) is 6.42 Å². The Morgan fingerprint density at radius 3 is 2.53 bits per heavy atom.